The van der Waals surface area contributed by atoms with Crippen LogP contribution in [-0.2, 0) is 4.74 Å². The third-order valence-corrected chi connectivity index (χ3v) is 3.62. The summed E-state index contributed by atoms with van der Waals surface area (Å²) in [5.74, 6) is 0.836. The van der Waals surface area contributed by atoms with Crippen molar-refractivity contribution in [2.45, 2.75) is 25.7 Å². The summed E-state index contributed by atoms with van der Waals surface area (Å²) in [6.07, 6.45) is 1.49. The van der Waals surface area contributed by atoms with Crippen LogP contribution < -0.4 is 10.1 Å². The number of ether oxygens (including phenoxy) is 2. The third-order valence-electron chi connectivity index (χ3n) is 2.64. The molecular formula is C11H16N2O3S. The van der Waals surface area contributed by atoms with Crippen molar-refractivity contribution in [1.29, 1.82) is 0 Å². The van der Waals surface area contributed by atoms with Gasteiger partial charge in [0.2, 0.25) is 5.88 Å². The molecule has 6 heteroatoms. The van der Waals surface area contributed by atoms with E-state index in [2.05, 4.69) is 10.3 Å². The van der Waals surface area contributed by atoms with Crippen molar-refractivity contribution in [3.63, 3.8) is 0 Å². The van der Waals surface area contributed by atoms with Gasteiger partial charge in [0.25, 0.3) is 0 Å². The second-order valence-electron chi connectivity index (χ2n) is 3.83. The highest BCUT2D eigenvalue weighted by Crippen LogP contribution is 2.30. The van der Waals surface area contributed by atoms with Gasteiger partial charge in [-0.25, -0.2) is 9.78 Å². The number of rotatable bonds is 3. The Bertz CT molecular complexity index is 375. The number of piperidine rings is 1. The molecule has 5 nitrogen and oxygen atoms in total. The molecule has 0 aliphatic carbocycles. The Morgan fingerprint density at radius 2 is 2.35 bits per heavy atom. The molecule has 1 aromatic rings. The summed E-state index contributed by atoms with van der Waals surface area (Å²) in [6.45, 7) is 4.10. The van der Waals surface area contributed by atoms with E-state index in [1.54, 1.807) is 23.6 Å². The zero-order chi connectivity index (χ0) is 12.1. The lowest BCUT2D eigenvalue weighted by atomic mass is 9.99. The van der Waals surface area contributed by atoms with Gasteiger partial charge in [0.15, 0.2) is 0 Å². The molecule has 17 heavy (non-hydrogen) atoms. The minimum Gasteiger partial charge on any atom is -0.434 e. The second-order valence-corrected chi connectivity index (χ2v) is 4.72. The highest BCUT2D eigenvalue weighted by Gasteiger charge is 2.19. The Labute approximate surface area is 104 Å². The van der Waals surface area contributed by atoms with Crippen LogP contribution in [0, 0.1) is 0 Å². The first-order valence-corrected chi connectivity index (χ1v) is 6.68. The average molecular weight is 256 g/mol. The molecule has 0 atom stereocenters. The normalized spacial score (nSPS) is 16.8. The second kappa shape index (κ2) is 5.97. The van der Waals surface area contributed by atoms with Crippen LogP contribution in [0.25, 0.3) is 0 Å². The molecule has 2 rings (SSSR count). The van der Waals surface area contributed by atoms with E-state index in [4.69, 9.17) is 9.47 Å². The first-order valence-electron chi connectivity index (χ1n) is 5.80. The minimum atomic E-state index is -0.685. The number of hydrogen-bond donors (Lipinski definition) is 1. The summed E-state index contributed by atoms with van der Waals surface area (Å²) in [7, 11) is 0. The van der Waals surface area contributed by atoms with Gasteiger partial charge in [-0.15, -0.1) is 11.3 Å². The lowest BCUT2D eigenvalue weighted by Crippen LogP contribution is -2.26. The van der Waals surface area contributed by atoms with Crippen LogP contribution in [0.3, 0.4) is 0 Å². The highest BCUT2D eigenvalue weighted by atomic mass is 32.1. The molecule has 1 N–H and O–H groups in total. The van der Waals surface area contributed by atoms with Crippen molar-refractivity contribution in [2.24, 2.45) is 0 Å². The molecule has 0 aromatic carbocycles. The fraction of sp³-hybridized carbons (Fsp3) is 0.636. The molecule has 0 amide bonds. The van der Waals surface area contributed by atoms with E-state index in [1.807, 2.05) is 0 Å². The van der Waals surface area contributed by atoms with Crippen molar-refractivity contribution in [1.82, 2.24) is 10.3 Å². The van der Waals surface area contributed by atoms with Gasteiger partial charge in [0.1, 0.15) is 0 Å². The first kappa shape index (κ1) is 12.3. The maximum Gasteiger partial charge on any atom is 0.515 e. The summed E-state index contributed by atoms with van der Waals surface area (Å²) in [4.78, 5) is 15.4. The summed E-state index contributed by atoms with van der Waals surface area (Å²) >= 11 is 1.54. The molecule has 1 saturated heterocycles. The van der Waals surface area contributed by atoms with Crippen molar-refractivity contribution < 1.29 is 14.3 Å². The third kappa shape index (κ3) is 3.41. The summed E-state index contributed by atoms with van der Waals surface area (Å²) in [5.41, 5.74) is 0. The molecule has 1 fully saturated rings. The van der Waals surface area contributed by atoms with Crippen LogP contribution in [0.5, 0.6) is 5.88 Å². The smallest absolute Gasteiger partial charge is 0.434 e. The van der Waals surface area contributed by atoms with Crippen LogP contribution in [0.2, 0.25) is 0 Å². The Hall–Kier alpha value is -1.14. The maximum absolute atomic E-state index is 11.1. The number of aromatic nitrogens is 1. The van der Waals surface area contributed by atoms with Crippen LogP contribution >= 0.6 is 11.3 Å². The van der Waals surface area contributed by atoms with Crippen molar-refractivity contribution in [3.8, 4) is 5.88 Å². The van der Waals surface area contributed by atoms with Gasteiger partial charge in [0.05, 0.1) is 17.0 Å². The molecule has 94 valence electrons. The van der Waals surface area contributed by atoms with Gasteiger partial charge in [-0.1, -0.05) is 0 Å². The number of nitrogens with one attached hydrogen (secondary N) is 1. The topological polar surface area (TPSA) is 60.5 Å². The molecule has 0 radical (unpaired) electrons. The number of hydrogen-bond acceptors (Lipinski definition) is 6. The van der Waals surface area contributed by atoms with E-state index < -0.39 is 6.16 Å². The minimum absolute atomic E-state index is 0.310. The van der Waals surface area contributed by atoms with E-state index in [0.717, 1.165) is 30.9 Å². The number of nitrogens with zero attached hydrogens (tertiary/aromatic N) is 1. The van der Waals surface area contributed by atoms with Gasteiger partial charge in [0, 0.05) is 5.92 Å². The number of carbonyl (C=O) groups is 1. The fourth-order valence-corrected chi connectivity index (χ4v) is 2.70. The Kier molecular flexibility index (Phi) is 4.33. The van der Waals surface area contributed by atoms with Gasteiger partial charge < -0.3 is 14.8 Å². The lowest BCUT2D eigenvalue weighted by molar-refractivity contribution is 0.103. The first-order chi connectivity index (χ1) is 8.29. The predicted octanol–water partition coefficient (Wildman–Crippen LogP) is 2.15. The zero-order valence-corrected chi connectivity index (χ0v) is 10.6. The molecule has 2 heterocycles. The summed E-state index contributed by atoms with van der Waals surface area (Å²) in [5, 5.41) is 6.12. The number of thiazole rings is 1. The highest BCUT2D eigenvalue weighted by molar-refractivity contribution is 7.09. The Balaban J connectivity index is 1.93. The molecule has 0 saturated carbocycles. The van der Waals surface area contributed by atoms with E-state index in [-0.39, 0.29) is 0 Å². The van der Waals surface area contributed by atoms with Gasteiger partial charge >= 0.3 is 6.16 Å². The van der Waals surface area contributed by atoms with Gasteiger partial charge in [-0.3, -0.25) is 0 Å². The average Bonchev–Trinajstić information content (AvgIpc) is 2.79. The van der Waals surface area contributed by atoms with E-state index in [0.29, 0.717) is 18.4 Å². The maximum atomic E-state index is 11.1. The Morgan fingerprint density at radius 3 is 3.06 bits per heavy atom. The van der Waals surface area contributed by atoms with Crippen LogP contribution in [0.4, 0.5) is 4.79 Å². The van der Waals surface area contributed by atoms with E-state index >= 15 is 0 Å². The fourth-order valence-electron chi connectivity index (χ4n) is 1.81. The molecule has 0 bridgehead atoms. The monoisotopic (exact) mass is 256 g/mol. The van der Waals surface area contributed by atoms with E-state index in [9.17, 15) is 4.79 Å². The Morgan fingerprint density at radius 1 is 1.59 bits per heavy atom. The molecule has 0 unspecified atom stereocenters. The van der Waals surface area contributed by atoms with Crippen LogP contribution in [0.15, 0.2) is 5.38 Å². The van der Waals surface area contributed by atoms with Crippen molar-refractivity contribution in [3.05, 3.63) is 10.4 Å². The van der Waals surface area contributed by atoms with Crippen LogP contribution in [-0.4, -0.2) is 30.8 Å². The SMILES string of the molecule is CCOC(=O)Oc1csc(C2CCNCC2)n1. The largest absolute Gasteiger partial charge is 0.515 e. The zero-order valence-electron chi connectivity index (χ0n) is 9.77. The van der Waals surface area contributed by atoms with Gasteiger partial charge in [-0.05, 0) is 32.9 Å². The summed E-state index contributed by atoms with van der Waals surface area (Å²) < 4.78 is 9.64. The molecule has 1 aromatic heterocycles. The van der Waals surface area contributed by atoms with Crippen LogP contribution in [0.1, 0.15) is 30.7 Å². The molecule has 1 aliphatic rings. The lowest BCUT2D eigenvalue weighted by Gasteiger charge is -2.20. The van der Waals surface area contributed by atoms with Crippen molar-refractivity contribution in [2.75, 3.05) is 19.7 Å². The number of carbonyl (C=O) groups excluding carboxylic acids is 1. The predicted molar refractivity (Wildman–Crippen MR) is 64.6 cm³/mol. The summed E-state index contributed by atoms with van der Waals surface area (Å²) in [6, 6.07) is 0. The van der Waals surface area contributed by atoms with Crippen molar-refractivity contribution >= 4 is 17.5 Å². The van der Waals surface area contributed by atoms with Gasteiger partial charge in [-0.2, -0.15) is 0 Å². The van der Waals surface area contributed by atoms with E-state index in [1.165, 1.54) is 0 Å². The standard InChI is InChI=1S/C11H16N2O3S/c1-2-15-11(14)16-9-7-17-10(13-9)8-3-5-12-6-4-8/h7-8,12H,2-6H2,1H3. The molecule has 0 spiro atoms. The molecule has 1 aliphatic heterocycles. The quantitative estimate of drug-likeness (QED) is 0.840. The molecular weight excluding hydrogens is 240 g/mol.